The molecule has 2 rings (SSSR count). The highest BCUT2D eigenvalue weighted by Gasteiger charge is 2.13. The Balaban J connectivity index is 2.37. The molecule has 5 N–H and O–H groups in total. The number of nitrogens with two attached hydrogens (primary N) is 2. The van der Waals surface area contributed by atoms with E-state index in [2.05, 4.69) is 4.98 Å². The third-order valence-electron chi connectivity index (χ3n) is 2.53. The van der Waals surface area contributed by atoms with E-state index in [4.69, 9.17) is 11.5 Å². The second kappa shape index (κ2) is 3.94. The van der Waals surface area contributed by atoms with Crippen LogP contribution in [-0.4, -0.2) is 16.9 Å². The van der Waals surface area contributed by atoms with Crippen LogP contribution in [0.2, 0.25) is 0 Å². The normalized spacial score (nSPS) is 12.9. The van der Waals surface area contributed by atoms with Crippen molar-refractivity contribution in [2.24, 2.45) is 11.5 Å². The molecule has 1 aromatic heterocycles. The Hall–Kier alpha value is -1.88. The first-order valence-electron chi connectivity index (χ1n) is 4.88. The summed E-state index contributed by atoms with van der Waals surface area (Å²) in [6.45, 7) is 0. The number of rotatable bonds is 3. The molecular formula is C11H12FN3O. The van der Waals surface area contributed by atoms with Gasteiger partial charge in [0, 0.05) is 17.1 Å². The summed E-state index contributed by atoms with van der Waals surface area (Å²) in [5, 5.41) is 0.733. The summed E-state index contributed by atoms with van der Waals surface area (Å²) in [4.78, 5) is 13.8. The highest BCUT2D eigenvalue weighted by molar-refractivity contribution is 5.85. The van der Waals surface area contributed by atoms with Crippen molar-refractivity contribution in [3.05, 3.63) is 35.8 Å². The van der Waals surface area contributed by atoms with Crippen molar-refractivity contribution >= 4 is 16.8 Å². The number of hydrogen-bond donors (Lipinski definition) is 3. The lowest BCUT2D eigenvalue weighted by atomic mass is 10.1. The number of H-pyrrole nitrogens is 1. The van der Waals surface area contributed by atoms with Gasteiger partial charge < -0.3 is 16.5 Å². The van der Waals surface area contributed by atoms with Crippen molar-refractivity contribution < 1.29 is 9.18 Å². The maximum absolute atomic E-state index is 13.1. The molecule has 0 spiro atoms. The van der Waals surface area contributed by atoms with Gasteiger partial charge in [0.25, 0.3) is 0 Å². The van der Waals surface area contributed by atoms with Crippen LogP contribution >= 0.6 is 0 Å². The highest BCUT2D eigenvalue weighted by Crippen LogP contribution is 2.20. The average molecular weight is 221 g/mol. The molecule has 1 aromatic carbocycles. The van der Waals surface area contributed by atoms with Crippen LogP contribution in [0.4, 0.5) is 4.39 Å². The van der Waals surface area contributed by atoms with E-state index in [1.165, 1.54) is 12.1 Å². The molecule has 4 nitrogen and oxygen atoms in total. The van der Waals surface area contributed by atoms with Crippen molar-refractivity contribution in [1.29, 1.82) is 0 Å². The van der Waals surface area contributed by atoms with Gasteiger partial charge in [-0.1, -0.05) is 0 Å². The predicted molar refractivity (Wildman–Crippen MR) is 59.1 cm³/mol. The molecule has 2 aromatic rings. The van der Waals surface area contributed by atoms with Crippen molar-refractivity contribution in [3.63, 3.8) is 0 Å². The molecule has 84 valence electrons. The van der Waals surface area contributed by atoms with E-state index in [1.54, 1.807) is 12.3 Å². The Bertz CT molecular complexity index is 535. The minimum atomic E-state index is -0.748. The summed E-state index contributed by atoms with van der Waals surface area (Å²) in [6, 6.07) is 3.68. The maximum atomic E-state index is 13.1. The highest BCUT2D eigenvalue weighted by atomic mass is 19.1. The number of halogens is 1. The van der Waals surface area contributed by atoms with E-state index in [9.17, 15) is 9.18 Å². The number of aromatic nitrogens is 1. The first-order chi connectivity index (χ1) is 7.58. The Kier molecular flexibility index (Phi) is 2.62. The fraction of sp³-hybridized carbons (Fsp3) is 0.182. The molecule has 0 unspecified atom stereocenters. The van der Waals surface area contributed by atoms with Crippen LogP contribution in [0.15, 0.2) is 24.4 Å². The summed E-state index contributed by atoms with van der Waals surface area (Å²) >= 11 is 0. The van der Waals surface area contributed by atoms with Crippen molar-refractivity contribution in [2.75, 3.05) is 0 Å². The summed E-state index contributed by atoms with van der Waals surface area (Å²) in [5.74, 6) is -0.883. The number of benzene rings is 1. The summed E-state index contributed by atoms with van der Waals surface area (Å²) in [5.41, 5.74) is 12.2. The lowest BCUT2D eigenvalue weighted by Gasteiger charge is -2.05. The Morgan fingerprint density at radius 2 is 2.25 bits per heavy atom. The number of nitrogens with one attached hydrogen (secondary N) is 1. The van der Waals surface area contributed by atoms with Gasteiger partial charge in [0.15, 0.2) is 0 Å². The van der Waals surface area contributed by atoms with E-state index >= 15 is 0 Å². The molecule has 0 saturated heterocycles. The zero-order chi connectivity index (χ0) is 11.7. The number of carbonyl (C=O) groups is 1. The van der Waals surface area contributed by atoms with Crippen LogP contribution < -0.4 is 11.5 Å². The molecule has 0 aliphatic heterocycles. The zero-order valence-electron chi connectivity index (χ0n) is 8.53. The Morgan fingerprint density at radius 1 is 1.50 bits per heavy atom. The standard InChI is InChI=1S/C11H12FN3O/c12-7-1-2-10-8(4-7)6(5-15-10)3-9(13)11(14)16/h1-2,4-5,9,15H,3,13H2,(H2,14,16)/t9-/m0/s1. The van der Waals surface area contributed by atoms with Crippen LogP contribution in [0.3, 0.4) is 0 Å². The molecule has 0 fully saturated rings. The fourth-order valence-electron chi connectivity index (χ4n) is 1.66. The molecule has 0 aliphatic rings. The molecule has 1 amide bonds. The van der Waals surface area contributed by atoms with Gasteiger partial charge in [0.2, 0.25) is 5.91 Å². The molecule has 0 bridgehead atoms. The number of amides is 1. The monoisotopic (exact) mass is 221 g/mol. The van der Waals surface area contributed by atoms with E-state index in [0.29, 0.717) is 6.42 Å². The lowest BCUT2D eigenvalue weighted by Crippen LogP contribution is -2.38. The van der Waals surface area contributed by atoms with Gasteiger partial charge in [-0.15, -0.1) is 0 Å². The van der Waals surface area contributed by atoms with Crippen LogP contribution in [-0.2, 0) is 11.2 Å². The molecule has 5 heteroatoms. The topological polar surface area (TPSA) is 84.9 Å². The predicted octanol–water partition coefficient (Wildman–Crippen LogP) is 0.662. The van der Waals surface area contributed by atoms with Crippen molar-refractivity contribution in [3.8, 4) is 0 Å². The number of aromatic amines is 1. The van der Waals surface area contributed by atoms with Gasteiger partial charge in [-0.3, -0.25) is 4.79 Å². The largest absolute Gasteiger partial charge is 0.368 e. The van der Waals surface area contributed by atoms with E-state index < -0.39 is 11.9 Å². The van der Waals surface area contributed by atoms with Crippen LogP contribution in [0.25, 0.3) is 10.9 Å². The Labute approximate surface area is 91.4 Å². The number of hydrogen-bond acceptors (Lipinski definition) is 2. The second-order valence-corrected chi connectivity index (χ2v) is 3.72. The molecule has 16 heavy (non-hydrogen) atoms. The van der Waals surface area contributed by atoms with Gasteiger partial charge in [0.1, 0.15) is 5.82 Å². The first-order valence-corrected chi connectivity index (χ1v) is 4.88. The van der Waals surface area contributed by atoms with Gasteiger partial charge in [-0.25, -0.2) is 4.39 Å². The van der Waals surface area contributed by atoms with Gasteiger partial charge in [-0.2, -0.15) is 0 Å². The van der Waals surface area contributed by atoms with Gasteiger partial charge >= 0.3 is 0 Å². The third-order valence-corrected chi connectivity index (χ3v) is 2.53. The molecule has 1 heterocycles. The van der Waals surface area contributed by atoms with E-state index in [0.717, 1.165) is 16.5 Å². The third kappa shape index (κ3) is 1.90. The zero-order valence-corrected chi connectivity index (χ0v) is 8.53. The van der Waals surface area contributed by atoms with E-state index in [-0.39, 0.29) is 5.82 Å². The van der Waals surface area contributed by atoms with Crippen molar-refractivity contribution in [2.45, 2.75) is 12.5 Å². The summed E-state index contributed by atoms with van der Waals surface area (Å²) in [7, 11) is 0. The smallest absolute Gasteiger partial charge is 0.234 e. The van der Waals surface area contributed by atoms with Crippen molar-refractivity contribution in [1.82, 2.24) is 4.98 Å². The molecule has 0 saturated carbocycles. The molecule has 0 aliphatic carbocycles. The lowest BCUT2D eigenvalue weighted by molar-refractivity contribution is -0.119. The number of fused-ring (bicyclic) bond motifs is 1. The summed E-state index contributed by atoms with van der Waals surface area (Å²) < 4.78 is 13.1. The second-order valence-electron chi connectivity index (χ2n) is 3.72. The minimum Gasteiger partial charge on any atom is -0.368 e. The molecular weight excluding hydrogens is 209 g/mol. The van der Waals surface area contributed by atoms with Crippen LogP contribution in [0.5, 0.6) is 0 Å². The SMILES string of the molecule is NC(=O)[C@@H](N)Cc1c[nH]c2ccc(F)cc12. The van der Waals surface area contributed by atoms with Gasteiger partial charge in [0.05, 0.1) is 6.04 Å². The average Bonchev–Trinajstić information content (AvgIpc) is 2.61. The molecule has 1 atom stereocenters. The van der Waals surface area contributed by atoms with E-state index in [1.807, 2.05) is 0 Å². The maximum Gasteiger partial charge on any atom is 0.234 e. The minimum absolute atomic E-state index is 0.304. The fourth-order valence-corrected chi connectivity index (χ4v) is 1.66. The Morgan fingerprint density at radius 3 is 2.94 bits per heavy atom. The van der Waals surface area contributed by atoms with Crippen LogP contribution in [0, 0.1) is 5.82 Å². The molecule has 0 radical (unpaired) electrons. The van der Waals surface area contributed by atoms with Crippen LogP contribution in [0.1, 0.15) is 5.56 Å². The number of primary amides is 1. The number of carbonyl (C=O) groups excluding carboxylic acids is 1. The summed E-state index contributed by atoms with van der Waals surface area (Å²) in [6.07, 6.45) is 2.02. The van der Waals surface area contributed by atoms with Gasteiger partial charge in [-0.05, 0) is 30.2 Å². The first kappa shape index (κ1) is 10.6. The quantitative estimate of drug-likeness (QED) is 0.711.